The number of aliphatic hydroxyl groups is 1. The van der Waals surface area contributed by atoms with Crippen LogP contribution in [0.4, 0.5) is 0 Å². The SMILES string of the molecule is COc1ccc(OCc2sc([C@]3(O)CCCN(C(C)=O)CC3)nc2C)cc1. The Morgan fingerprint density at radius 3 is 2.63 bits per heavy atom. The van der Waals surface area contributed by atoms with Gasteiger partial charge in [0.15, 0.2) is 0 Å². The van der Waals surface area contributed by atoms with Crippen LogP contribution in [0, 0.1) is 6.92 Å². The van der Waals surface area contributed by atoms with Gasteiger partial charge in [-0.05, 0) is 44.0 Å². The third-order valence-corrected chi connectivity index (χ3v) is 6.30. The molecule has 0 unspecified atom stereocenters. The Balaban J connectivity index is 1.68. The summed E-state index contributed by atoms with van der Waals surface area (Å²) in [6.45, 7) is 5.17. The van der Waals surface area contributed by atoms with E-state index in [0.29, 0.717) is 32.5 Å². The van der Waals surface area contributed by atoms with Gasteiger partial charge in [0, 0.05) is 26.4 Å². The van der Waals surface area contributed by atoms with Crippen molar-refractivity contribution in [3.05, 3.63) is 39.8 Å². The minimum atomic E-state index is -0.974. The second kappa shape index (κ2) is 8.27. The topological polar surface area (TPSA) is 71.9 Å². The number of nitrogens with zero attached hydrogens (tertiary/aromatic N) is 2. The number of aromatic nitrogens is 1. The minimum Gasteiger partial charge on any atom is -0.497 e. The molecule has 1 amide bonds. The van der Waals surface area contributed by atoms with Crippen molar-refractivity contribution in [2.75, 3.05) is 20.2 Å². The molecule has 1 aliphatic heterocycles. The molecule has 0 saturated carbocycles. The Kier molecular flexibility index (Phi) is 6.01. The average molecular weight is 391 g/mol. The van der Waals surface area contributed by atoms with E-state index < -0.39 is 5.60 Å². The molecule has 1 aromatic carbocycles. The van der Waals surface area contributed by atoms with Gasteiger partial charge in [-0.15, -0.1) is 11.3 Å². The van der Waals surface area contributed by atoms with Crippen molar-refractivity contribution in [2.45, 2.75) is 45.3 Å². The number of thiazole rings is 1. The predicted molar refractivity (Wildman–Crippen MR) is 104 cm³/mol. The number of likely N-dealkylation sites (tertiary alicyclic amines) is 1. The van der Waals surface area contributed by atoms with Gasteiger partial charge in [-0.2, -0.15) is 0 Å². The number of aryl methyl sites for hydroxylation is 1. The van der Waals surface area contributed by atoms with E-state index in [4.69, 9.17) is 9.47 Å². The lowest BCUT2D eigenvalue weighted by Gasteiger charge is -2.24. The van der Waals surface area contributed by atoms with Crippen molar-refractivity contribution in [3.63, 3.8) is 0 Å². The molecule has 1 saturated heterocycles. The van der Waals surface area contributed by atoms with Crippen LogP contribution < -0.4 is 9.47 Å². The van der Waals surface area contributed by atoms with Gasteiger partial charge in [-0.1, -0.05) is 0 Å². The number of methoxy groups -OCH3 is 1. The largest absolute Gasteiger partial charge is 0.497 e. The Bertz CT molecular complexity index is 790. The highest BCUT2D eigenvalue weighted by atomic mass is 32.1. The number of hydrogen-bond donors (Lipinski definition) is 1. The number of benzene rings is 1. The second-order valence-corrected chi connectivity index (χ2v) is 7.97. The summed E-state index contributed by atoms with van der Waals surface area (Å²) < 4.78 is 11.0. The lowest BCUT2D eigenvalue weighted by atomic mass is 9.96. The summed E-state index contributed by atoms with van der Waals surface area (Å²) in [5, 5.41) is 11.9. The maximum Gasteiger partial charge on any atom is 0.219 e. The van der Waals surface area contributed by atoms with Crippen LogP contribution in [0.15, 0.2) is 24.3 Å². The second-order valence-electron chi connectivity index (χ2n) is 6.88. The van der Waals surface area contributed by atoms with E-state index in [1.165, 1.54) is 11.3 Å². The smallest absolute Gasteiger partial charge is 0.219 e. The van der Waals surface area contributed by atoms with Gasteiger partial charge in [-0.25, -0.2) is 4.98 Å². The fourth-order valence-electron chi connectivity index (χ4n) is 3.23. The van der Waals surface area contributed by atoms with Crippen LogP contribution in [-0.4, -0.2) is 41.1 Å². The maximum atomic E-state index is 11.6. The first-order valence-electron chi connectivity index (χ1n) is 9.13. The van der Waals surface area contributed by atoms with Crippen LogP contribution in [0.5, 0.6) is 11.5 Å². The van der Waals surface area contributed by atoms with E-state index in [9.17, 15) is 9.90 Å². The summed E-state index contributed by atoms with van der Waals surface area (Å²) in [7, 11) is 1.63. The Hall–Kier alpha value is -2.12. The highest BCUT2D eigenvalue weighted by Crippen LogP contribution is 2.36. The number of amides is 1. The van der Waals surface area contributed by atoms with Crippen molar-refractivity contribution in [3.8, 4) is 11.5 Å². The quantitative estimate of drug-likeness (QED) is 0.848. The molecule has 0 radical (unpaired) electrons. The highest BCUT2D eigenvalue weighted by Gasteiger charge is 2.36. The number of hydrogen-bond acceptors (Lipinski definition) is 6. The van der Waals surface area contributed by atoms with E-state index in [0.717, 1.165) is 33.5 Å². The summed E-state index contributed by atoms with van der Waals surface area (Å²) in [5.74, 6) is 1.60. The molecule has 1 aromatic heterocycles. The normalized spacial score (nSPS) is 20.2. The fraction of sp³-hybridized carbons (Fsp3) is 0.500. The van der Waals surface area contributed by atoms with Crippen LogP contribution in [0.1, 0.15) is 41.8 Å². The van der Waals surface area contributed by atoms with E-state index in [2.05, 4.69) is 4.98 Å². The zero-order valence-electron chi connectivity index (χ0n) is 16.0. The molecule has 6 nitrogen and oxygen atoms in total. The summed E-state index contributed by atoms with van der Waals surface area (Å²) in [6, 6.07) is 7.45. The first-order chi connectivity index (χ1) is 12.9. The first-order valence-corrected chi connectivity index (χ1v) is 9.94. The molecule has 2 aromatic rings. The van der Waals surface area contributed by atoms with Crippen molar-refractivity contribution in [1.82, 2.24) is 9.88 Å². The molecule has 0 bridgehead atoms. The van der Waals surface area contributed by atoms with E-state index in [-0.39, 0.29) is 5.91 Å². The summed E-state index contributed by atoms with van der Waals surface area (Å²) in [6.07, 6.45) is 1.90. The molecular formula is C20H26N2O4S. The Morgan fingerprint density at radius 1 is 1.26 bits per heavy atom. The average Bonchev–Trinajstić information content (AvgIpc) is 2.91. The van der Waals surface area contributed by atoms with Gasteiger partial charge < -0.3 is 19.5 Å². The van der Waals surface area contributed by atoms with Crippen molar-refractivity contribution < 1.29 is 19.4 Å². The standard InChI is InChI=1S/C20H26N2O4S/c1-14-18(13-26-17-7-5-16(25-3)6-8-17)27-19(21-14)20(24)9-4-11-22(12-10-20)15(2)23/h5-8,24H,4,9-13H2,1-3H3/t20-/m0/s1. The zero-order valence-corrected chi connectivity index (χ0v) is 16.8. The van der Waals surface area contributed by atoms with Crippen LogP contribution in [0.3, 0.4) is 0 Å². The molecule has 1 N–H and O–H groups in total. The molecule has 2 heterocycles. The zero-order chi connectivity index (χ0) is 19.4. The molecule has 0 aliphatic carbocycles. The van der Waals surface area contributed by atoms with Gasteiger partial charge in [-0.3, -0.25) is 4.79 Å². The molecular weight excluding hydrogens is 364 g/mol. The van der Waals surface area contributed by atoms with E-state index in [1.54, 1.807) is 18.9 Å². The van der Waals surface area contributed by atoms with Crippen LogP contribution in [0.25, 0.3) is 0 Å². The van der Waals surface area contributed by atoms with Crippen molar-refractivity contribution in [2.24, 2.45) is 0 Å². The fourth-order valence-corrected chi connectivity index (χ4v) is 4.35. The Morgan fingerprint density at radius 2 is 1.96 bits per heavy atom. The minimum absolute atomic E-state index is 0.0585. The third kappa shape index (κ3) is 4.59. The van der Waals surface area contributed by atoms with E-state index in [1.807, 2.05) is 31.2 Å². The van der Waals surface area contributed by atoms with Gasteiger partial charge in [0.2, 0.25) is 5.91 Å². The molecule has 146 valence electrons. The van der Waals surface area contributed by atoms with Gasteiger partial charge in [0.1, 0.15) is 28.7 Å². The summed E-state index contributed by atoms with van der Waals surface area (Å²) >= 11 is 1.50. The lowest BCUT2D eigenvalue weighted by molar-refractivity contribution is -0.128. The number of rotatable bonds is 5. The summed E-state index contributed by atoms with van der Waals surface area (Å²) in [4.78, 5) is 19.0. The van der Waals surface area contributed by atoms with Gasteiger partial charge in [0.05, 0.1) is 17.7 Å². The predicted octanol–water partition coefficient (Wildman–Crippen LogP) is 3.26. The van der Waals surface area contributed by atoms with Gasteiger partial charge in [0.25, 0.3) is 0 Å². The van der Waals surface area contributed by atoms with Crippen LogP contribution in [-0.2, 0) is 17.0 Å². The third-order valence-electron chi connectivity index (χ3n) is 4.98. The van der Waals surface area contributed by atoms with Crippen molar-refractivity contribution >= 4 is 17.2 Å². The molecule has 3 rings (SSSR count). The van der Waals surface area contributed by atoms with Crippen molar-refractivity contribution in [1.29, 1.82) is 0 Å². The molecule has 1 atom stereocenters. The van der Waals surface area contributed by atoms with Crippen LogP contribution in [0.2, 0.25) is 0 Å². The number of ether oxygens (including phenoxy) is 2. The molecule has 1 fully saturated rings. The monoisotopic (exact) mass is 390 g/mol. The molecule has 1 aliphatic rings. The molecule has 27 heavy (non-hydrogen) atoms. The number of carbonyl (C=O) groups excluding carboxylic acids is 1. The maximum absolute atomic E-state index is 11.6. The molecule has 0 spiro atoms. The Labute approximate surface area is 163 Å². The summed E-state index contributed by atoms with van der Waals surface area (Å²) in [5.41, 5.74) is -0.0950. The van der Waals surface area contributed by atoms with Gasteiger partial charge >= 0.3 is 0 Å². The lowest BCUT2D eigenvalue weighted by Crippen LogP contribution is -2.32. The highest BCUT2D eigenvalue weighted by molar-refractivity contribution is 7.11. The molecule has 7 heteroatoms. The number of carbonyl (C=O) groups is 1. The first kappa shape index (κ1) is 19.6. The van der Waals surface area contributed by atoms with E-state index >= 15 is 0 Å². The van der Waals surface area contributed by atoms with Crippen LogP contribution >= 0.6 is 11.3 Å².